The second-order valence-corrected chi connectivity index (χ2v) is 5.27. The van der Waals surface area contributed by atoms with Gasteiger partial charge in [0, 0.05) is 4.47 Å². The molecule has 1 nitrogen and oxygen atoms in total. The van der Waals surface area contributed by atoms with Gasteiger partial charge in [-0.15, -0.1) is 0 Å². The first kappa shape index (κ1) is 10.9. The van der Waals surface area contributed by atoms with Gasteiger partial charge in [-0.2, -0.15) is 0 Å². The van der Waals surface area contributed by atoms with Crippen LogP contribution in [0, 0.1) is 0 Å². The van der Waals surface area contributed by atoms with Gasteiger partial charge in [0.15, 0.2) is 0 Å². The third-order valence-corrected chi connectivity index (χ3v) is 4.06. The summed E-state index contributed by atoms with van der Waals surface area (Å²) >= 11 is 3.42. The molecule has 15 heavy (non-hydrogen) atoms. The lowest BCUT2D eigenvalue weighted by Gasteiger charge is -2.26. The highest BCUT2D eigenvalue weighted by Gasteiger charge is 2.39. The Morgan fingerprint density at radius 1 is 1.20 bits per heavy atom. The Morgan fingerprint density at radius 3 is 2.20 bits per heavy atom. The summed E-state index contributed by atoms with van der Waals surface area (Å²) in [5.41, 5.74) is 1.01. The molecule has 0 radical (unpaired) electrons. The van der Waals surface area contributed by atoms with Gasteiger partial charge in [-0.3, -0.25) is 4.79 Å². The number of hydrogen-bond acceptors (Lipinski definition) is 1. The van der Waals surface area contributed by atoms with E-state index < -0.39 is 0 Å². The number of benzene rings is 1. The monoisotopic (exact) mass is 266 g/mol. The molecule has 0 aromatic heterocycles. The van der Waals surface area contributed by atoms with Crippen LogP contribution >= 0.6 is 15.9 Å². The fourth-order valence-corrected chi connectivity index (χ4v) is 2.86. The van der Waals surface area contributed by atoms with Crippen LogP contribution in [0.25, 0.3) is 0 Å². The number of carbonyl (C=O) groups is 1. The topological polar surface area (TPSA) is 17.1 Å². The van der Waals surface area contributed by atoms with Crippen LogP contribution in [0.15, 0.2) is 28.7 Å². The minimum absolute atomic E-state index is 0.180. The van der Waals surface area contributed by atoms with E-state index in [0.29, 0.717) is 5.78 Å². The third kappa shape index (κ3) is 1.87. The largest absolute Gasteiger partial charge is 0.299 e. The number of hydrogen-bond donors (Lipinski definition) is 0. The minimum atomic E-state index is -0.180. The number of rotatable bonds is 2. The summed E-state index contributed by atoms with van der Waals surface area (Å²) in [7, 11) is 0. The molecule has 1 fully saturated rings. The van der Waals surface area contributed by atoms with E-state index in [0.717, 1.165) is 17.3 Å². The summed E-state index contributed by atoms with van der Waals surface area (Å²) in [6.07, 6.45) is 4.39. The van der Waals surface area contributed by atoms with Crippen molar-refractivity contribution in [1.29, 1.82) is 0 Å². The quantitative estimate of drug-likeness (QED) is 0.795. The molecule has 1 aliphatic carbocycles. The van der Waals surface area contributed by atoms with Crippen molar-refractivity contribution in [3.63, 3.8) is 0 Å². The van der Waals surface area contributed by atoms with E-state index in [1.165, 1.54) is 18.4 Å². The van der Waals surface area contributed by atoms with Crippen molar-refractivity contribution in [2.24, 2.45) is 0 Å². The molecular formula is C13H15BrO. The van der Waals surface area contributed by atoms with Crippen molar-refractivity contribution in [3.05, 3.63) is 34.3 Å². The highest BCUT2D eigenvalue weighted by Crippen LogP contribution is 2.42. The van der Waals surface area contributed by atoms with Gasteiger partial charge in [0.2, 0.25) is 0 Å². The van der Waals surface area contributed by atoms with Crippen molar-refractivity contribution in [2.75, 3.05) is 0 Å². The molecule has 0 saturated heterocycles. The Kier molecular flexibility index (Phi) is 2.96. The van der Waals surface area contributed by atoms with Gasteiger partial charge >= 0.3 is 0 Å². The van der Waals surface area contributed by atoms with Crippen molar-refractivity contribution < 1.29 is 4.79 Å². The third-order valence-electron chi connectivity index (χ3n) is 3.53. The first-order chi connectivity index (χ1) is 7.15. The summed E-state index contributed by atoms with van der Waals surface area (Å²) in [4.78, 5) is 11.8. The fraction of sp³-hybridized carbons (Fsp3) is 0.462. The molecule has 0 N–H and O–H groups in total. The number of halogens is 1. The average molecular weight is 267 g/mol. The lowest BCUT2D eigenvalue weighted by Crippen LogP contribution is -2.30. The van der Waals surface area contributed by atoms with Crippen LogP contribution in [0.2, 0.25) is 0 Å². The summed E-state index contributed by atoms with van der Waals surface area (Å²) in [5, 5.41) is 0. The van der Waals surface area contributed by atoms with Gasteiger partial charge in [-0.1, -0.05) is 40.9 Å². The smallest absolute Gasteiger partial charge is 0.140 e. The van der Waals surface area contributed by atoms with Gasteiger partial charge in [0.05, 0.1) is 5.41 Å². The first-order valence-corrected chi connectivity index (χ1v) is 6.21. The van der Waals surface area contributed by atoms with Crippen LogP contribution in [-0.2, 0) is 10.2 Å². The molecule has 0 aliphatic heterocycles. The van der Waals surface area contributed by atoms with Crippen LogP contribution in [-0.4, -0.2) is 5.78 Å². The molecule has 0 unspecified atom stereocenters. The normalized spacial score (nSPS) is 19.1. The molecule has 0 amide bonds. The zero-order chi connectivity index (χ0) is 10.9. The standard InChI is InChI=1S/C13H15BrO/c1-10(15)13(8-2-3-9-13)11-4-6-12(14)7-5-11/h4-7H,2-3,8-9H2,1H3. The van der Waals surface area contributed by atoms with Gasteiger partial charge in [-0.05, 0) is 37.5 Å². The molecule has 1 saturated carbocycles. The average Bonchev–Trinajstić information content (AvgIpc) is 2.69. The number of Topliss-reactive ketones (excluding diaryl/α,β-unsaturated/α-hetero) is 1. The van der Waals surface area contributed by atoms with E-state index in [1.54, 1.807) is 6.92 Å². The predicted molar refractivity (Wildman–Crippen MR) is 65.0 cm³/mol. The maximum absolute atomic E-state index is 11.8. The van der Waals surface area contributed by atoms with Crippen LogP contribution in [0.5, 0.6) is 0 Å². The van der Waals surface area contributed by atoms with Crippen LogP contribution in [0.3, 0.4) is 0 Å². The van der Waals surface area contributed by atoms with Crippen molar-refractivity contribution >= 4 is 21.7 Å². The highest BCUT2D eigenvalue weighted by molar-refractivity contribution is 9.10. The Balaban J connectivity index is 2.41. The van der Waals surface area contributed by atoms with Gasteiger partial charge < -0.3 is 0 Å². The van der Waals surface area contributed by atoms with Crippen molar-refractivity contribution in [1.82, 2.24) is 0 Å². The van der Waals surface area contributed by atoms with Crippen LogP contribution in [0.4, 0.5) is 0 Å². The van der Waals surface area contributed by atoms with Crippen molar-refractivity contribution in [3.8, 4) is 0 Å². The predicted octanol–water partition coefficient (Wildman–Crippen LogP) is 3.85. The van der Waals surface area contributed by atoms with Gasteiger partial charge in [0.1, 0.15) is 5.78 Å². The zero-order valence-electron chi connectivity index (χ0n) is 8.92. The second-order valence-electron chi connectivity index (χ2n) is 4.35. The summed E-state index contributed by atoms with van der Waals surface area (Å²) < 4.78 is 1.07. The SMILES string of the molecule is CC(=O)C1(c2ccc(Br)cc2)CCCC1. The van der Waals surface area contributed by atoms with E-state index in [-0.39, 0.29) is 5.41 Å². The van der Waals surface area contributed by atoms with Crippen molar-refractivity contribution in [2.45, 2.75) is 38.0 Å². The second kappa shape index (κ2) is 4.09. The van der Waals surface area contributed by atoms with Gasteiger partial charge in [-0.25, -0.2) is 0 Å². The molecule has 0 bridgehead atoms. The lowest BCUT2D eigenvalue weighted by molar-refractivity contribution is -0.122. The van der Waals surface area contributed by atoms with E-state index in [2.05, 4.69) is 28.1 Å². The molecule has 80 valence electrons. The first-order valence-electron chi connectivity index (χ1n) is 5.42. The minimum Gasteiger partial charge on any atom is -0.299 e. The van der Waals surface area contributed by atoms with E-state index in [1.807, 2.05) is 12.1 Å². The fourth-order valence-electron chi connectivity index (χ4n) is 2.59. The maximum atomic E-state index is 11.8. The van der Waals surface area contributed by atoms with E-state index >= 15 is 0 Å². The molecule has 1 aliphatic rings. The van der Waals surface area contributed by atoms with Gasteiger partial charge in [0.25, 0.3) is 0 Å². The number of carbonyl (C=O) groups excluding carboxylic acids is 1. The molecular weight excluding hydrogens is 252 g/mol. The molecule has 0 atom stereocenters. The van der Waals surface area contributed by atoms with Crippen LogP contribution in [0.1, 0.15) is 38.2 Å². The maximum Gasteiger partial charge on any atom is 0.140 e. The molecule has 0 spiro atoms. The summed E-state index contributed by atoms with van der Waals surface area (Å²) in [5.74, 6) is 0.322. The summed E-state index contributed by atoms with van der Waals surface area (Å²) in [6.45, 7) is 1.73. The van der Waals surface area contributed by atoms with E-state index in [9.17, 15) is 4.79 Å². The number of ketones is 1. The highest BCUT2D eigenvalue weighted by atomic mass is 79.9. The molecule has 2 rings (SSSR count). The molecule has 2 heteroatoms. The molecule has 1 aromatic carbocycles. The summed E-state index contributed by atoms with van der Waals surface area (Å²) in [6, 6.07) is 8.21. The Hall–Kier alpha value is -0.630. The van der Waals surface area contributed by atoms with E-state index in [4.69, 9.17) is 0 Å². The molecule has 0 heterocycles. The zero-order valence-corrected chi connectivity index (χ0v) is 10.5. The Bertz CT molecular complexity index is 361. The van der Waals surface area contributed by atoms with Crippen LogP contribution < -0.4 is 0 Å². The lowest BCUT2D eigenvalue weighted by atomic mass is 9.76. The molecule has 1 aromatic rings. The Morgan fingerprint density at radius 2 is 1.73 bits per heavy atom. The Labute approximate surface area is 99.0 Å².